The van der Waals surface area contributed by atoms with Gasteiger partial charge in [-0.1, -0.05) is 30.3 Å². The van der Waals surface area contributed by atoms with Gasteiger partial charge in [0.2, 0.25) is 0 Å². The van der Waals surface area contributed by atoms with Crippen LogP contribution in [0.2, 0.25) is 0 Å². The molecule has 0 aliphatic heterocycles. The molecular formula is C23H24N2O4. The molecule has 0 saturated carbocycles. The lowest BCUT2D eigenvalue weighted by molar-refractivity contribution is 0.0635. The van der Waals surface area contributed by atoms with Gasteiger partial charge in [-0.15, -0.1) is 0 Å². The van der Waals surface area contributed by atoms with Gasteiger partial charge in [-0.3, -0.25) is 9.59 Å². The summed E-state index contributed by atoms with van der Waals surface area (Å²) in [6, 6.07) is 20.0. The number of carbonyl (C=O) groups is 2. The zero-order valence-corrected chi connectivity index (χ0v) is 16.3. The van der Waals surface area contributed by atoms with Crippen molar-refractivity contribution in [3.8, 4) is 0 Å². The molecule has 0 spiro atoms. The Balaban J connectivity index is 1.37. The number of amides is 2. The highest BCUT2D eigenvalue weighted by molar-refractivity contribution is 6.02. The van der Waals surface area contributed by atoms with E-state index in [0.717, 1.165) is 12.0 Å². The topological polar surface area (TPSA) is 80.6 Å². The molecule has 1 aromatic heterocycles. The van der Waals surface area contributed by atoms with Crippen molar-refractivity contribution < 1.29 is 18.7 Å². The number of nitrogens with one attached hydrogen (secondary N) is 2. The summed E-state index contributed by atoms with van der Waals surface area (Å²) in [7, 11) is 0. The largest absolute Gasteiger partial charge is 0.459 e. The average molecular weight is 392 g/mol. The number of rotatable bonds is 9. The van der Waals surface area contributed by atoms with Crippen LogP contribution >= 0.6 is 0 Å². The molecule has 0 radical (unpaired) electrons. The second kappa shape index (κ2) is 10.2. The normalized spacial score (nSPS) is 11.6. The summed E-state index contributed by atoms with van der Waals surface area (Å²) in [5.41, 5.74) is 2.25. The number of anilines is 1. The molecule has 6 heteroatoms. The molecule has 3 rings (SSSR count). The van der Waals surface area contributed by atoms with Crippen molar-refractivity contribution in [3.05, 3.63) is 89.9 Å². The van der Waals surface area contributed by atoms with E-state index in [9.17, 15) is 9.59 Å². The molecular weight excluding hydrogens is 368 g/mol. The van der Waals surface area contributed by atoms with E-state index >= 15 is 0 Å². The maximum atomic E-state index is 12.2. The van der Waals surface area contributed by atoms with E-state index in [1.54, 1.807) is 36.4 Å². The molecule has 0 aliphatic rings. The molecule has 29 heavy (non-hydrogen) atoms. The number of hydrogen-bond donors (Lipinski definition) is 2. The fourth-order valence-corrected chi connectivity index (χ4v) is 2.76. The predicted octanol–water partition coefficient (Wildman–Crippen LogP) is 4.43. The Morgan fingerprint density at radius 2 is 1.72 bits per heavy atom. The third-order valence-electron chi connectivity index (χ3n) is 4.39. The highest BCUT2D eigenvalue weighted by Crippen LogP contribution is 2.16. The highest BCUT2D eigenvalue weighted by atomic mass is 16.5. The van der Waals surface area contributed by atoms with Crippen LogP contribution in [0.1, 0.15) is 45.9 Å². The SMILES string of the molecule is CC(OCCCNC(=O)c1ccc(NC(=O)c2ccco2)cc1)c1ccccc1. The van der Waals surface area contributed by atoms with Crippen LogP contribution in [0.3, 0.4) is 0 Å². The van der Waals surface area contributed by atoms with Crippen LogP contribution in [0, 0.1) is 0 Å². The van der Waals surface area contributed by atoms with Gasteiger partial charge in [0.25, 0.3) is 11.8 Å². The molecule has 0 fully saturated rings. The summed E-state index contributed by atoms with van der Waals surface area (Å²) in [6.07, 6.45) is 2.19. The van der Waals surface area contributed by atoms with E-state index < -0.39 is 0 Å². The van der Waals surface area contributed by atoms with E-state index in [1.165, 1.54) is 6.26 Å². The lowest BCUT2D eigenvalue weighted by Gasteiger charge is -2.13. The zero-order valence-electron chi connectivity index (χ0n) is 16.3. The highest BCUT2D eigenvalue weighted by Gasteiger charge is 2.10. The van der Waals surface area contributed by atoms with Gasteiger partial charge >= 0.3 is 0 Å². The average Bonchev–Trinajstić information content (AvgIpc) is 3.29. The van der Waals surface area contributed by atoms with Crippen LogP contribution in [-0.2, 0) is 4.74 Å². The van der Waals surface area contributed by atoms with E-state index in [2.05, 4.69) is 10.6 Å². The number of furan rings is 1. The van der Waals surface area contributed by atoms with E-state index in [-0.39, 0.29) is 23.7 Å². The molecule has 3 aromatic rings. The van der Waals surface area contributed by atoms with Crippen molar-refractivity contribution in [1.82, 2.24) is 5.32 Å². The summed E-state index contributed by atoms with van der Waals surface area (Å²) >= 11 is 0. The Kier molecular flexibility index (Phi) is 7.19. The van der Waals surface area contributed by atoms with E-state index in [4.69, 9.17) is 9.15 Å². The summed E-state index contributed by atoms with van der Waals surface area (Å²) in [4.78, 5) is 24.2. The van der Waals surface area contributed by atoms with Gasteiger partial charge in [-0.2, -0.15) is 0 Å². The van der Waals surface area contributed by atoms with E-state index in [1.807, 2.05) is 37.3 Å². The second-order valence-electron chi connectivity index (χ2n) is 6.54. The Morgan fingerprint density at radius 3 is 2.41 bits per heavy atom. The maximum Gasteiger partial charge on any atom is 0.291 e. The Morgan fingerprint density at radius 1 is 0.966 bits per heavy atom. The first-order valence-corrected chi connectivity index (χ1v) is 9.53. The van der Waals surface area contributed by atoms with Crippen molar-refractivity contribution in [3.63, 3.8) is 0 Å². The Bertz CT molecular complexity index is 906. The van der Waals surface area contributed by atoms with Crippen LogP contribution in [0.4, 0.5) is 5.69 Å². The van der Waals surface area contributed by atoms with Crippen LogP contribution in [0.5, 0.6) is 0 Å². The van der Waals surface area contributed by atoms with Crippen molar-refractivity contribution in [1.29, 1.82) is 0 Å². The van der Waals surface area contributed by atoms with Gasteiger partial charge in [0.1, 0.15) is 0 Å². The summed E-state index contributed by atoms with van der Waals surface area (Å²) in [6.45, 7) is 3.10. The van der Waals surface area contributed by atoms with Crippen LogP contribution in [0.15, 0.2) is 77.4 Å². The van der Waals surface area contributed by atoms with Crippen molar-refractivity contribution in [2.45, 2.75) is 19.4 Å². The predicted molar refractivity (Wildman–Crippen MR) is 111 cm³/mol. The standard InChI is InChI=1S/C23H24N2O4/c1-17(18-7-3-2-4-8-18)28-16-6-14-24-22(26)19-10-12-20(13-11-19)25-23(27)21-9-5-15-29-21/h2-5,7-13,15,17H,6,14,16H2,1H3,(H,24,26)(H,25,27). The lowest BCUT2D eigenvalue weighted by Crippen LogP contribution is -2.25. The lowest BCUT2D eigenvalue weighted by atomic mass is 10.1. The van der Waals surface area contributed by atoms with Gasteiger partial charge in [0.15, 0.2) is 5.76 Å². The molecule has 2 aromatic carbocycles. The monoisotopic (exact) mass is 392 g/mol. The van der Waals surface area contributed by atoms with Gasteiger partial charge in [0, 0.05) is 24.4 Å². The molecule has 2 amide bonds. The van der Waals surface area contributed by atoms with Gasteiger partial charge in [-0.25, -0.2) is 0 Å². The maximum absolute atomic E-state index is 12.2. The van der Waals surface area contributed by atoms with Crippen LogP contribution in [-0.4, -0.2) is 25.0 Å². The number of carbonyl (C=O) groups excluding carboxylic acids is 2. The first-order chi connectivity index (χ1) is 14.1. The first kappa shape index (κ1) is 20.4. The minimum Gasteiger partial charge on any atom is -0.459 e. The molecule has 150 valence electrons. The number of hydrogen-bond acceptors (Lipinski definition) is 4. The van der Waals surface area contributed by atoms with Crippen LogP contribution in [0.25, 0.3) is 0 Å². The van der Waals surface area contributed by atoms with Gasteiger partial charge in [-0.05, 0) is 55.3 Å². The molecule has 0 bridgehead atoms. The van der Waals surface area contributed by atoms with Crippen molar-refractivity contribution in [2.75, 3.05) is 18.5 Å². The molecule has 0 saturated heterocycles. The Labute approximate surface area is 169 Å². The molecule has 0 aliphatic carbocycles. The minimum atomic E-state index is -0.336. The first-order valence-electron chi connectivity index (χ1n) is 9.53. The number of benzene rings is 2. The van der Waals surface area contributed by atoms with Gasteiger partial charge in [0.05, 0.1) is 12.4 Å². The molecule has 1 heterocycles. The second-order valence-corrected chi connectivity index (χ2v) is 6.54. The fourth-order valence-electron chi connectivity index (χ4n) is 2.76. The quantitative estimate of drug-likeness (QED) is 0.528. The third kappa shape index (κ3) is 6.05. The smallest absolute Gasteiger partial charge is 0.291 e. The summed E-state index contributed by atoms with van der Waals surface area (Å²) in [5, 5.41) is 5.59. The molecule has 2 N–H and O–H groups in total. The fraction of sp³-hybridized carbons (Fsp3) is 0.217. The number of ether oxygens (including phenoxy) is 1. The molecule has 1 unspecified atom stereocenters. The van der Waals surface area contributed by atoms with E-state index in [0.29, 0.717) is 24.4 Å². The molecule has 1 atom stereocenters. The zero-order chi connectivity index (χ0) is 20.5. The van der Waals surface area contributed by atoms with Crippen molar-refractivity contribution in [2.24, 2.45) is 0 Å². The summed E-state index contributed by atoms with van der Waals surface area (Å²) < 4.78 is 10.8. The Hall–Kier alpha value is -3.38. The van der Waals surface area contributed by atoms with Crippen molar-refractivity contribution >= 4 is 17.5 Å². The van der Waals surface area contributed by atoms with Gasteiger partial charge < -0.3 is 19.8 Å². The molecule has 6 nitrogen and oxygen atoms in total. The minimum absolute atomic E-state index is 0.0239. The third-order valence-corrected chi connectivity index (χ3v) is 4.39. The van der Waals surface area contributed by atoms with Crippen LogP contribution < -0.4 is 10.6 Å². The summed E-state index contributed by atoms with van der Waals surface area (Å²) in [5.74, 6) is -0.266.